The summed E-state index contributed by atoms with van der Waals surface area (Å²) >= 11 is 0. The summed E-state index contributed by atoms with van der Waals surface area (Å²) < 4.78 is 5.49. The van der Waals surface area contributed by atoms with E-state index in [1.54, 1.807) is 0 Å². The largest absolute Gasteiger partial charge is 0.477 e. The van der Waals surface area contributed by atoms with E-state index >= 15 is 0 Å². The summed E-state index contributed by atoms with van der Waals surface area (Å²) in [5.41, 5.74) is 0.0110. The van der Waals surface area contributed by atoms with Crippen LogP contribution in [0, 0.1) is 5.92 Å². The van der Waals surface area contributed by atoms with Gasteiger partial charge in [0.15, 0.2) is 0 Å². The Labute approximate surface area is 123 Å². The Kier molecular flexibility index (Phi) is 5.27. The van der Waals surface area contributed by atoms with Crippen molar-refractivity contribution in [2.75, 3.05) is 13.2 Å². The van der Waals surface area contributed by atoms with E-state index < -0.39 is 5.97 Å². The van der Waals surface area contributed by atoms with E-state index in [2.05, 4.69) is 10.3 Å². The Morgan fingerprint density at radius 3 is 2.76 bits per heavy atom. The third kappa shape index (κ3) is 4.26. The van der Waals surface area contributed by atoms with Crippen LogP contribution in [-0.4, -0.2) is 41.2 Å². The number of amides is 1. The van der Waals surface area contributed by atoms with Gasteiger partial charge in [-0.25, -0.2) is 9.78 Å². The highest BCUT2D eigenvalue weighted by Gasteiger charge is 2.28. The van der Waals surface area contributed by atoms with Gasteiger partial charge >= 0.3 is 5.97 Å². The first kappa shape index (κ1) is 15.4. The van der Waals surface area contributed by atoms with Gasteiger partial charge in [-0.05, 0) is 44.2 Å². The first-order valence-corrected chi connectivity index (χ1v) is 7.20. The molecule has 0 unspecified atom stereocenters. The maximum atomic E-state index is 11.9. The maximum Gasteiger partial charge on any atom is 0.354 e. The topological polar surface area (TPSA) is 88.5 Å². The number of rotatable bonds is 7. The van der Waals surface area contributed by atoms with Gasteiger partial charge in [-0.3, -0.25) is 4.79 Å². The van der Waals surface area contributed by atoms with Gasteiger partial charge in [-0.15, -0.1) is 0 Å². The van der Waals surface area contributed by atoms with Crippen LogP contribution in [-0.2, 0) is 4.74 Å². The molecule has 0 saturated heterocycles. The highest BCUT2D eigenvalue weighted by atomic mass is 16.5. The molecule has 1 aromatic heterocycles. The molecule has 1 saturated carbocycles. The molecule has 6 heteroatoms. The second kappa shape index (κ2) is 7.17. The summed E-state index contributed by atoms with van der Waals surface area (Å²) in [6.45, 7) is 3.31. The predicted molar refractivity (Wildman–Crippen MR) is 76.3 cm³/mol. The van der Waals surface area contributed by atoms with Gasteiger partial charge in [0.2, 0.25) is 0 Å². The van der Waals surface area contributed by atoms with E-state index in [1.165, 1.54) is 18.2 Å². The SMILES string of the molecule is CCOC1CC(CCNC(=O)c2cccc(C(=O)O)n2)C1. The molecule has 1 amide bonds. The molecule has 1 aliphatic carbocycles. The summed E-state index contributed by atoms with van der Waals surface area (Å²) in [5, 5.41) is 11.6. The van der Waals surface area contributed by atoms with Crippen molar-refractivity contribution in [2.24, 2.45) is 5.92 Å². The van der Waals surface area contributed by atoms with Crippen molar-refractivity contribution < 1.29 is 19.4 Å². The summed E-state index contributed by atoms with van der Waals surface area (Å²) in [6.07, 6.45) is 3.39. The lowest BCUT2D eigenvalue weighted by Crippen LogP contribution is -2.34. The fourth-order valence-corrected chi connectivity index (χ4v) is 2.44. The monoisotopic (exact) mass is 292 g/mol. The van der Waals surface area contributed by atoms with E-state index in [-0.39, 0.29) is 17.3 Å². The number of ether oxygens (including phenoxy) is 1. The van der Waals surface area contributed by atoms with Crippen LogP contribution >= 0.6 is 0 Å². The second-order valence-electron chi connectivity index (χ2n) is 5.17. The van der Waals surface area contributed by atoms with Gasteiger partial charge < -0.3 is 15.2 Å². The molecule has 2 N–H and O–H groups in total. The highest BCUT2D eigenvalue weighted by Crippen LogP contribution is 2.32. The molecule has 6 nitrogen and oxygen atoms in total. The van der Waals surface area contributed by atoms with Crippen molar-refractivity contribution in [1.82, 2.24) is 10.3 Å². The van der Waals surface area contributed by atoms with Crippen LogP contribution in [0.1, 0.15) is 47.2 Å². The quantitative estimate of drug-likeness (QED) is 0.798. The lowest BCUT2D eigenvalue weighted by molar-refractivity contribution is -0.0261. The van der Waals surface area contributed by atoms with E-state index in [0.717, 1.165) is 25.9 Å². The summed E-state index contributed by atoms with van der Waals surface area (Å²) in [7, 11) is 0. The molecule has 0 spiro atoms. The van der Waals surface area contributed by atoms with Crippen LogP contribution in [0.15, 0.2) is 18.2 Å². The van der Waals surface area contributed by atoms with Crippen LogP contribution in [0.5, 0.6) is 0 Å². The number of hydrogen-bond acceptors (Lipinski definition) is 4. The minimum Gasteiger partial charge on any atom is -0.477 e. The molecule has 0 aliphatic heterocycles. The minimum atomic E-state index is -1.14. The third-order valence-electron chi connectivity index (χ3n) is 3.63. The molecule has 0 radical (unpaired) electrons. The first-order chi connectivity index (χ1) is 10.1. The number of carboxylic acid groups (broad SMARTS) is 1. The summed E-state index contributed by atoms with van der Waals surface area (Å²) in [5.74, 6) is -0.875. The van der Waals surface area contributed by atoms with Gasteiger partial charge in [0.05, 0.1) is 6.10 Å². The Morgan fingerprint density at radius 2 is 2.10 bits per heavy atom. The lowest BCUT2D eigenvalue weighted by Gasteiger charge is -2.34. The second-order valence-corrected chi connectivity index (χ2v) is 5.17. The molecule has 0 bridgehead atoms. The number of aromatic carboxylic acids is 1. The normalized spacial score (nSPS) is 20.6. The van der Waals surface area contributed by atoms with E-state index in [4.69, 9.17) is 9.84 Å². The van der Waals surface area contributed by atoms with Crippen LogP contribution in [0.25, 0.3) is 0 Å². The zero-order valence-electron chi connectivity index (χ0n) is 12.0. The number of hydrogen-bond donors (Lipinski definition) is 2. The molecule has 0 aromatic carbocycles. The average molecular weight is 292 g/mol. The van der Waals surface area contributed by atoms with Gasteiger partial charge in [0.1, 0.15) is 11.4 Å². The number of carbonyl (C=O) groups excluding carboxylic acids is 1. The first-order valence-electron chi connectivity index (χ1n) is 7.20. The summed E-state index contributed by atoms with van der Waals surface area (Å²) in [4.78, 5) is 26.5. The zero-order valence-corrected chi connectivity index (χ0v) is 12.0. The molecule has 114 valence electrons. The van der Waals surface area contributed by atoms with E-state index in [1.807, 2.05) is 6.92 Å². The van der Waals surface area contributed by atoms with Crippen LogP contribution in [0.4, 0.5) is 0 Å². The van der Waals surface area contributed by atoms with Gasteiger partial charge in [0.25, 0.3) is 5.91 Å². The van der Waals surface area contributed by atoms with Gasteiger partial charge in [0, 0.05) is 13.2 Å². The Hall–Kier alpha value is -1.95. The van der Waals surface area contributed by atoms with Crippen molar-refractivity contribution in [1.29, 1.82) is 0 Å². The molecule has 1 fully saturated rings. The number of nitrogens with zero attached hydrogens (tertiary/aromatic N) is 1. The van der Waals surface area contributed by atoms with Gasteiger partial charge in [-0.1, -0.05) is 6.07 Å². The lowest BCUT2D eigenvalue weighted by atomic mass is 9.80. The Bertz CT molecular complexity index is 512. The van der Waals surface area contributed by atoms with Gasteiger partial charge in [-0.2, -0.15) is 0 Å². The number of carbonyl (C=O) groups is 2. The van der Waals surface area contributed by atoms with Crippen LogP contribution in [0.3, 0.4) is 0 Å². The van der Waals surface area contributed by atoms with E-state index in [9.17, 15) is 9.59 Å². The van der Waals surface area contributed by atoms with E-state index in [0.29, 0.717) is 18.6 Å². The average Bonchev–Trinajstić information content (AvgIpc) is 2.44. The number of carboxylic acids is 1. The zero-order chi connectivity index (χ0) is 15.2. The molecule has 2 rings (SSSR count). The molecule has 1 aliphatic rings. The van der Waals surface area contributed by atoms with Crippen LogP contribution < -0.4 is 5.32 Å². The fourth-order valence-electron chi connectivity index (χ4n) is 2.44. The van der Waals surface area contributed by atoms with Crippen molar-refractivity contribution in [3.05, 3.63) is 29.6 Å². The fraction of sp³-hybridized carbons (Fsp3) is 0.533. The molecule has 0 atom stereocenters. The molecule has 1 heterocycles. The van der Waals surface area contributed by atoms with Crippen LogP contribution in [0.2, 0.25) is 0 Å². The number of pyridine rings is 1. The molecular weight excluding hydrogens is 272 g/mol. The Balaban J connectivity index is 1.73. The maximum absolute atomic E-state index is 11.9. The van der Waals surface area contributed by atoms with Crippen molar-refractivity contribution in [3.8, 4) is 0 Å². The molecular formula is C15H20N2O4. The Morgan fingerprint density at radius 1 is 1.38 bits per heavy atom. The molecule has 1 aromatic rings. The number of nitrogens with one attached hydrogen (secondary N) is 1. The molecule has 21 heavy (non-hydrogen) atoms. The smallest absolute Gasteiger partial charge is 0.354 e. The van der Waals surface area contributed by atoms with Crippen molar-refractivity contribution in [2.45, 2.75) is 32.3 Å². The van der Waals surface area contributed by atoms with Crippen molar-refractivity contribution >= 4 is 11.9 Å². The highest BCUT2D eigenvalue weighted by molar-refractivity contribution is 5.94. The predicted octanol–water partition coefficient (Wildman–Crippen LogP) is 1.71. The number of aromatic nitrogens is 1. The summed E-state index contributed by atoms with van der Waals surface area (Å²) in [6, 6.07) is 4.39. The van der Waals surface area contributed by atoms with Crippen molar-refractivity contribution in [3.63, 3.8) is 0 Å². The standard InChI is InChI=1S/C15H20N2O4/c1-2-21-11-8-10(9-11)6-7-16-14(18)12-4-3-5-13(17-12)15(19)20/h3-5,10-11H,2,6-9H2,1H3,(H,16,18)(H,19,20). The minimum absolute atomic E-state index is 0.124. The third-order valence-corrected chi connectivity index (χ3v) is 3.63.